The maximum Gasteiger partial charge on any atom is 0.574 e. The summed E-state index contributed by atoms with van der Waals surface area (Å²) in [5.41, 5.74) is -3.91. The van der Waals surface area contributed by atoms with Gasteiger partial charge in [-0.05, 0) is 0 Å². The van der Waals surface area contributed by atoms with Crippen molar-refractivity contribution in [2.75, 3.05) is 7.11 Å². The molecule has 1 aromatic rings. The molecule has 112 valence electrons. The highest BCUT2D eigenvalue weighted by Crippen LogP contribution is 2.43. The van der Waals surface area contributed by atoms with E-state index >= 15 is 0 Å². The second-order valence-electron chi connectivity index (χ2n) is 3.17. The number of rotatable bonds is 3. The Morgan fingerprint density at radius 1 is 1.25 bits per heavy atom. The van der Waals surface area contributed by atoms with Crippen LogP contribution in [0.4, 0.5) is 32.0 Å². The minimum absolute atomic E-state index is 0.0986. The number of halogens is 6. The minimum Gasteiger partial charge on any atom is -0.481 e. The zero-order valence-electron chi connectivity index (χ0n) is 9.37. The normalized spacial score (nSPS) is 12.2. The summed E-state index contributed by atoms with van der Waals surface area (Å²) in [6.07, 6.45) is -10.7. The molecular weight excluding hydrogens is 302 g/mol. The quantitative estimate of drug-likeness (QED) is 0.487. The topological polar surface area (TPSA) is 74.5 Å². The van der Waals surface area contributed by atoms with Crippen LogP contribution in [0.2, 0.25) is 0 Å². The summed E-state index contributed by atoms with van der Waals surface area (Å²) in [4.78, 5) is 11.7. The third-order valence-corrected chi connectivity index (χ3v) is 1.85. The highest BCUT2D eigenvalue weighted by molar-refractivity contribution is 5.52. The van der Waals surface area contributed by atoms with Crippen LogP contribution in [0.5, 0.6) is 11.8 Å². The fraction of sp³-hybridized carbons (Fsp3) is 0.375. The maximum atomic E-state index is 12.6. The van der Waals surface area contributed by atoms with Crippen LogP contribution in [0.3, 0.4) is 0 Å². The number of hydrogen-bond donors (Lipinski definition) is 0. The molecule has 1 aromatic heterocycles. The number of methoxy groups -OCH3 is 1. The number of ether oxygens (including phenoxy) is 2. The van der Waals surface area contributed by atoms with Crippen LogP contribution in [0.15, 0.2) is 6.07 Å². The van der Waals surface area contributed by atoms with Gasteiger partial charge in [-0.15, -0.1) is 13.2 Å². The van der Waals surface area contributed by atoms with Gasteiger partial charge in [0.05, 0.1) is 12.0 Å². The van der Waals surface area contributed by atoms with Crippen molar-refractivity contribution in [1.29, 1.82) is 0 Å². The molecule has 0 aliphatic heterocycles. The number of nitro groups is 1. The van der Waals surface area contributed by atoms with Gasteiger partial charge < -0.3 is 9.47 Å². The van der Waals surface area contributed by atoms with E-state index in [1.165, 1.54) is 0 Å². The average molecular weight is 306 g/mol. The highest BCUT2D eigenvalue weighted by Gasteiger charge is 2.45. The molecular formula is C8H4F6N2O4. The lowest BCUT2D eigenvalue weighted by Gasteiger charge is -2.13. The third kappa shape index (κ3) is 3.61. The largest absolute Gasteiger partial charge is 0.574 e. The minimum atomic E-state index is -5.45. The van der Waals surface area contributed by atoms with Crippen molar-refractivity contribution in [2.24, 2.45) is 0 Å². The van der Waals surface area contributed by atoms with Crippen LogP contribution in [-0.4, -0.2) is 23.4 Å². The Hall–Kier alpha value is -2.27. The number of aromatic nitrogens is 1. The Bertz CT molecular complexity index is 527. The second kappa shape index (κ2) is 5.02. The number of nitrogens with zero attached hydrogens (tertiary/aromatic N) is 2. The second-order valence-corrected chi connectivity index (χ2v) is 3.17. The van der Waals surface area contributed by atoms with E-state index in [-0.39, 0.29) is 6.07 Å². The van der Waals surface area contributed by atoms with Gasteiger partial charge in [0, 0.05) is 6.07 Å². The molecule has 0 amide bonds. The standard InChI is InChI=1S/C8H4F6N2O4/c1-19-4-2-3(7(9,10)11)5(16(17)18)6(15-4)20-8(12,13)14/h2H,1H3. The van der Waals surface area contributed by atoms with Crippen molar-refractivity contribution in [3.05, 3.63) is 21.7 Å². The van der Waals surface area contributed by atoms with E-state index in [4.69, 9.17) is 0 Å². The molecule has 0 N–H and O–H groups in total. The molecule has 0 atom stereocenters. The molecule has 0 saturated carbocycles. The van der Waals surface area contributed by atoms with Crippen molar-refractivity contribution >= 4 is 5.69 Å². The summed E-state index contributed by atoms with van der Waals surface area (Å²) in [5.74, 6) is -2.77. The fourth-order valence-electron chi connectivity index (χ4n) is 1.17. The van der Waals surface area contributed by atoms with Crippen molar-refractivity contribution in [3.63, 3.8) is 0 Å². The van der Waals surface area contributed by atoms with Crippen LogP contribution in [-0.2, 0) is 6.18 Å². The molecule has 0 unspecified atom stereocenters. The molecule has 1 heterocycles. The first-order chi connectivity index (χ1) is 8.95. The maximum absolute atomic E-state index is 12.6. The van der Waals surface area contributed by atoms with E-state index in [0.29, 0.717) is 0 Å². The van der Waals surface area contributed by atoms with Crippen molar-refractivity contribution in [3.8, 4) is 11.8 Å². The monoisotopic (exact) mass is 306 g/mol. The lowest BCUT2D eigenvalue weighted by molar-refractivity contribution is -0.392. The summed E-state index contributed by atoms with van der Waals surface area (Å²) >= 11 is 0. The zero-order chi connectivity index (χ0) is 15.7. The molecule has 0 aliphatic rings. The lowest BCUT2D eigenvalue weighted by Crippen LogP contribution is -2.20. The smallest absolute Gasteiger partial charge is 0.481 e. The first-order valence-electron chi connectivity index (χ1n) is 4.52. The zero-order valence-corrected chi connectivity index (χ0v) is 9.37. The van der Waals surface area contributed by atoms with Gasteiger partial charge in [0.15, 0.2) is 0 Å². The molecule has 12 heteroatoms. The molecule has 0 spiro atoms. The first-order valence-corrected chi connectivity index (χ1v) is 4.52. The van der Waals surface area contributed by atoms with Gasteiger partial charge >= 0.3 is 24.1 Å². The average Bonchev–Trinajstić information content (AvgIpc) is 2.23. The Morgan fingerprint density at radius 3 is 2.15 bits per heavy atom. The van der Waals surface area contributed by atoms with Crippen LogP contribution in [0.25, 0.3) is 0 Å². The highest BCUT2D eigenvalue weighted by atomic mass is 19.4. The molecule has 0 aromatic carbocycles. The van der Waals surface area contributed by atoms with Crippen LogP contribution >= 0.6 is 0 Å². The van der Waals surface area contributed by atoms with Crippen molar-refractivity contribution in [1.82, 2.24) is 4.98 Å². The molecule has 0 fully saturated rings. The Labute approximate surface area is 106 Å². The summed E-state index contributed by atoms with van der Waals surface area (Å²) < 4.78 is 81.4. The Kier molecular flexibility index (Phi) is 3.96. The van der Waals surface area contributed by atoms with E-state index in [1.54, 1.807) is 0 Å². The summed E-state index contributed by atoms with van der Waals surface area (Å²) in [5, 5.41) is 10.6. The third-order valence-electron chi connectivity index (χ3n) is 1.85. The van der Waals surface area contributed by atoms with Gasteiger partial charge in [-0.3, -0.25) is 10.1 Å². The van der Waals surface area contributed by atoms with E-state index in [2.05, 4.69) is 14.5 Å². The van der Waals surface area contributed by atoms with Gasteiger partial charge in [-0.25, -0.2) is 0 Å². The summed E-state index contributed by atoms with van der Waals surface area (Å²) in [6.45, 7) is 0. The predicted molar refractivity (Wildman–Crippen MR) is 49.1 cm³/mol. The molecule has 0 radical (unpaired) electrons. The Morgan fingerprint density at radius 2 is 1.80 bits per heavy atom. The summed E-state index contributed by atoms with van der Waals surface area (Å²) in [7, 11) is 0.825. The van der Waals surface area contributed by atoms with Crippen LogP contribution < -0.4 is 9.47 Å². The van der Waals surface area contributed by atoms with E-state index in [0.717, 1.165) is 7.11 Å². The molecule has 1 rings (SSSR count). The molecule has 0 bridgehead atoms. The van der Waals surface area contributed by atoms with E-state index in [9.17, 15) is 36.5 Å². The predicted octanol–water partition coefficient (Wildman–Crippen LogP) is 2.92. The molecule has 0 aliphatic carbocycles. The number of pyridine rings is 1. The van der Waals surface area contributed by atoms with Gasteiger partial charge in [0.1, 0.15) is 5.56 Å². The summed E-state index contributed by atoms with van der Waals surface area (Å²) in [6, 6.07) is 0.0986. The lowest BCUT2D eigenvalue weighted by atomic mass is 10.2. The van der Waals surface area contributed by atoms with Gasteiger partial charge in [-0.2, -0.15) is 18.2 Å². The first kappa shape index (κ1) is 15.8. The number of hydrogen-bond acceptors (Lipinski definition) is 5. The van der Waals surface area contributed by atoms with Gasteiger partial charge in [-0.1, -0.05) is 0 Å². The van der Waals surface area contributed by atoms with Gasteiger partial charge in [0.25, 0.3) is 0 Å². The van der Waals surface area contributed by atoms with Crippen LogP contribution in [0.1, 0.15) is 5.56 Å². The number of alkyl halides is 6. The van der Waals surface area contributed by atoms with E-state index in [1.807, 2.05) is 0 Å². The molecule has 20 heavy (non-hydrogen) atoms. The van der Waals surface area contributed by atoms with E-state index < -0.39 is 40.5 Å². The van der Waals surface area contributed by atoms with Crippen LogP contribution in [0, 0.1) is 10.1 Å². The SMILES string of the molecule is COc1cc(C(F)(F)F)c([N+](=O)[O-])c(OC(F)(F)F)n1. The fourth-order valence-corrected chi connectivity index (χ4v) is 1.17. The van der Waals surface area contributed by atoms with Crippen molar-refractivity contribution < 1.29 is 40.7 Å². The molecule has 6 nitrogen and oxygen atoms in total. The molecule has 0 saturated heterocycles. The van der Waals surface area contributed by atoms with Gasteiger partial charge in [0.2, 0.25) is 5.88 Å². The Balaban J connectivity index is 3.59. The van der Waals surface area contributed by atoms with Crippen molar-refractivity contribution in [2.45, 2.75) is 12.5 Å².